The van der Waals surface area contributed by atoms with Gasteiger partial charge in [0.05, 0.1) is 30.3 Å². The van der Waals surface area contributed by atoms with Gasteiger partial charge in [-0.3, -0.25) is 4.79 Å². The monoisotopic (exact) mass is 597 g/mol. The maximum atomic E-state index is 13.5. The van der Waals surface area contributed by atoms with E-state index >= 15 is 0 Å². The van der Waals surface area contributed by atoms with E-state index < -0.39 is 12.0 Å². The molecule has 8 nitrogen and oxygen atoms in total. The summed E-state index contributed by atoms with van der Waals surface area (Å²) in [5.74, 6) is 0.166. The number of hydrogen-bond acceptors (Lipinski definition) is 8. The highest BCUT2D eigenvalue weighted by Crippen LogP contribution is 2.45. The lowest BCUT2D eigenvalue weighted by molar-refractivity contribution is -0.141. The zero-order chi connectivity index (χ0) is 30.2. The molecule has 3 aromatic carbocycles. The van der Waals surface area contributed by atoms with Crippen molar-refractivity contribution in [3.63, 3.8) is 0 Å². The van der Waals surface area contributed by atoms with Crippen LogP contribution in [0.2, 0.25) is 0 Å². The van der Waals surface area contributed by atoms with Crippen LogP contribution in [0.4, 0.5) is 0 Å². The Morgan fingerprint density at radius 2 is 1.67 bits per heavy atom. The number of amidine groups is 1. The van der Waals surface area contributed by atoms with Gasteiger partial charge in [-0.1, -0.05) is 84.6 Å². The van der Waals surface area contributed by atoms with E-state index in [0.717, 1.165) is 22.4 Å². The highest BCUT2D eigenvalue weighted by Gasteiger charge is 2.41. The fraction of sp³-hybridized carbons (Fsp3) is 0.265. The molecular weight excluding hydrogens is 562 g/mol. The Morgan fingerprint density at radius 3 is 2.40 bits per heavy atom. The highest BCUT2D eigenvalue weighted by molar-refractivity contribution is 8.16. The van der Waals surface area contributed by atoms with Gasteiger partial charge in [-0.15, -0.1) is 0 Å². The first-order valence-electron chi connectivity index (χ1n) is 14.1. The van der Waals surface area contributed by atoms with Crippen molar-refractivity contribution in [2.45, 2.75) is 32.5 Å². The summed E-state index contributed by atoms with van der Waals surface area (Å²) in [5.41, 5.74) is 4.69. The third kappa shape index (κ3) is 7.36. The molecule has 0 saturated carbocycles. The van der Waals surface area contributed by atoms with Crippen molar-refractivity contribution < 1.29 is 23.8 Å². The van der Waals surface area contributed by atoms with E-state index in [1.54, 1.807) is 19.1 Å². The summed E-state index contributed by atoms with van der Waals surface area (Å²) in [4.78, 5) is 35.4. The van der Waals surface area contributed by atoms with E-state index in [4.69, 9.17) is 19.2 Å². The molecule has 1 amide bonds. The van der Waals surface area contributed by atoms with E-state index in [9.17, 15) is 9.59 Å². The molecule has 0 aliphatic carbocycles. The minimum Gasteiger partial charge on any atom is -0.489 e. The molecule has 5 rings (SSSR count). The summed E-state index contributed by atoms with van der Waals surface area (Å²) in [6.45, 7) is 3.14. The van der Waals surface area contributed by atoms with Gasteiger partial charge in [-0.25, -0.2) is 9.79 Å². The number of amides is 1. The highest BCUT2D eigenvalue weighted by atomic mass is 32.2. The number of fused-ring (bicyclic) bond motifs is 1. The molecule has 0 saturated heterocycles. The van der Waals surface area contributed by atoms with Crippen molar-refractivity contribution in [2.75, 3.05) is 27.4 Å². The Bertz CT molecular complexity index is 1540. The van der Waals surface area contributed by atoms with Crippen molar-refractivity contribution in [1.29, 1.82) is 0 Å². The summed E-state index contributed by atoms with van der Waals surface area (Å²) >= 11 is 1.45. The molecular formula is C34H35N3O5S. The number of aliphatic imine (C=N–C) groups is 1. The minimum atomic E-state index is -0.559. The molecule has 0 aromatic heterocycles. The second kappa shape index (κ2) is 14.2. The quantitative estimate of drug-likeness (QED) is 0.185. The van der Waals surface area contributed by atoms with Crippen LogP contribution in [0.3, 0.4) is 0 Å². The lowest BCUT2D eigenvalue weighted by Gasteiger charge is -2.36. The number of esters is 1. The number of methoxy groups -OCH3 is 1. The molecule has 0 unspecified atom stereocenters. The van der Waals surface area contributed by atoms with Crippen molar-refractivity contribution in [2.24, 2.45) is 4.99 Å². The van der Waals surface area contributed by atoms with E-state index in [2.05, 4.69) is 0 Å². The van der Waals surface area contributed by atoms with Gasteiger partial charge in [0.15, 0.2) is 5.17 Å². The molecule has 1 atom stereocenters. The molecule has 0 fully saturated rings. The van der Waals surface area contributed by atoms with E-state index in [1.165, 1.54) is 11.8 Å². The molecule has 2 heterocycles. The third-order valence-electron chi connectivity index (χ3n) is 7.18. The fourth-order valence-corrected chi connectivity index (χ4v) is 5.96. The number of rotatable bonds is 12. The number of thioether (sulfide) groups is 1. The number of benzene rings is 3. The Labute approximate surface area is 256 Å². The van der Waals surface area contributed by atoms with Crippen LogP contribution in [-0.4, -0.2) is 54.2 Å². The number of carbonyl (C=O) groups is 2. The molecule has 222 valence electrons. The van der Waals surface area contributed by atoms with Gasteiger partial charge >= 0.3 is 5.97 Å². The second-order valence-corrected chi connectivity index (χ2v) is 11.1. The zero-order valence-electron chi connectivity index (χ0n) is 24.6. The van der Waals surface area contributed by atoms with Crippen LogP contribution in [0.1, 0.15) is 36.1 Å². The summed E-state index contributed by atoms with van der Waals surface area (Å²) < 4.78 is 16.8. The lowest BCUT2D eigenvalue weighted by atomic mass is 9.93. The van der Waals surface area contributed by atoms with Crippen LogP contribution in [-0.2, 0) is 32.2 Å². The van der Waals surface area contributed by atoms with Gasteiger partial charge < -0.3 is 24.0 Å². The average molecular weight is 598 g/mol. The van der Waals surface area contributed by atoms with Crippen molar-refractivity contribution in [3.05, 3.63) is 124 Å². The van der Waals surface area contributed by atoms with Crippen molar-refractivity contribution in [3.8, 4) is 5.75 Å². The summed E-state index contributed by atoms with van der Waals surface area (Å²) in [6.07, 6.45) is 0.154. The molecule has 43 heavy (non-hydrogen) atoms. The van der Waals surface area contributed by atoms with Crippen LogP contribution in [0.5, 0.6) is 5.75 Å². The van der Waals surface area contributed by atoms with Crippen molar-refractivity contribution >= 4 is 28.8 Å². The van der Waals surface area contributed by atoms with Gasteiger partial charge in [-0.05, 0) is 41.2 Å². The maximum absolute atomic E-state index is 13.5. The standard InChI is InChI=1S/C34H35N3O5S/c1-24-31(33(39)41-18-17-40-3)32(27-15-10-16-29(19-27)42-22-26-13-8-5-9-14-26)37-28(23-43-34(37)35-24)20-30(38)36(2)21-25-11-6-4-7-12-25/h4-16,19,23,32H,17-18,20-22H2,1-3H3/t32-/m0/s1. The Morgan fingerprint density at radius 1 is 0.953 bits per heavy atom. The van der Waals surface area contributed by atoms with E-state index in [0.29, 0.717) is 35.3 Å². The lowest BCUT2D eigenvalue weighted by Crippen LogP contribution is -2.38. The molecule has 9 heteroatoms. The normalized spacial score (nSPS) is 15.9. The first-order chi connectivity index (χ1) is 20.9. The number of carbonyl (C=O) groups excluding carboxylic acids is 2. The molecule has 0 spiro atoms. The van der Waals surface area contributed by atoms with Gasteiger partial charge in [0.2, 0.25) is 5.91 Å². The number of nitrogens with zero attached hydrogens (tertiary/aromatic N) is 3. The largest absolute Gasteiger partial charge is 0.489 e. The Balaban J connectivity index is 1.43. The predicted octanol–water partition coefficient (Wildman–Crippen LogP) is 6.08. The first-order valence-corrected chi connectivity index (χ1v) is 15.0. The molecule has 2 aliphatic heterocycles. The number of ether oxygens (including phenoxy) is 3. The minimum absolute atomic E-state index is 0.0360. The molecule has 3 aromatic rings. The Hall–Kier alpha value is -4.34. The van der Waals surface area contributed by atoms with Crippen LogP contribution < -0.4 is 4.74 Å². The summed E-state index contributed by atoms with van der Waals surface area (Å²) in [5, 5.41) is 2.66. The number of allylic oxidation sites excluding steroid dienone is 1. The van der Waals surface area contributed by atoms with Crippen molar-refractivity contribution in [1.82, 2.24) is 9.80 Å². The first kappa shape index (κ1) is 30.1. The smallest absolute Gasteiger partial charge is 0.338 e. The zero-order valence-corrected chi connectivity index (χ0v) is 25.4. The van der Waals surface area contributed by atoms with Crippen LogP contribution in [0, 0.1) is 0 Å². The maximum Gasteiger partial charge on any atom is 0.338 e. The molecule has 0 N–H and O–H groups in total. The van der Waals surface area contributed by atoms with Crippen LogP contribution >= 0.6 is 11.8 Å². The van der Waals surface area contributed by atoms with E-state index in [-0.39, 0.29) is 25.5 Å². The number of hydrogen-bond donors (Lipinski definition) is 0. The topological polar surface area (TPSA) is 80.7 Å². The Kier molecular flexibility index (Phi) is 9.96. The van der Waals surface area contributed by atoms with Gasteiger partial charge in [-0.2, -0.15) is 0 Å². The van der Waals surface area contributed by atoms with Gasteiger partial charge in [0.1, 0.15) is 19.0 Å². The average Bonchev–Trinajstić information content (AvgIpc) is 3.42. The summed E-state index contributed by atoms with van der Waals surface area (Å²) in [7, 11) is 3.36. The SMILES string of the molecule is COCCOC(=O)C1=C(C)N=C2SC=C(CC(=O)N(C)Cc3ccccc3)N2[C@H]1c1cccc(OCc2ccccc2)c1. The molecule has 0 radical (unpaired) electrons. The second-order valence-electron chi connectivity index (χ2n) is 10.3. The summed E-state index contributed by atoms with van der Waals surface area (Å²) in [6, 6.07) is 27.0. The van der Waals surface area contributed by atoms with Gasteiger partial charge in [0, 0.05) is 26.4 Å². The molecule has 0 bridgehead atoms. The fourth-order valence-electron chi connectivity index (χ4n) is 4.99. The predicted molar refractivity (Wildman–Crippen MR) is 168 cm³/mol. The molecule has 2 aliphatic rings. The van der Waals surface area contributed by atoms with E-state index in [1.807, 2.05) is 102 Å². The van der Waals surface area contributed by atoms with Gasteiger partial charge in [0.25, 0.3) is 0 Å². The van der Waals surface area contributed by atoms with Crippen LogP contribution in [0.25, 0.3) is 0 Å². The third-order valence-corrected chi connectivity index (χ3v) is 8.07. The van der Waals surface area contributed by atoms with Crippen LogP contribution in [0.15, 0.2) is 112 Å².